The Morgan fingerprint density at radius 2 is 2.08 bits per heavy atom. The van der Waals surface area contributed by atoms with Gasteiger partial charge < -0.3 is 19.7 Å². The summed E-state index contributed by atoms with van der Waals surface area (Å²) >= 11 is 5.89. The van der Waals surface area contributed by atoms with Gasteiger partial charge in [0, 0.05) is 43.1 Å². The first kappa shape index (κ1) is 21.6. The molecular formula is C19H29ClIN3O2. The van der Waals surface area contributed by atoms with Gasteiger partial charge in [0.1, 0.15) is 12.4 Å². The number of guanidine groups is 1. The van der Waals surface area contributed by atoms with Crippen LogP contribution in [0.3, 0.4) is 0 Å². The molecule has 5 nitrogen and oxygen atoms in total. The Bertz CT molecular complexity index is 624. The molecule has 2 aliphatic rings. The lowest BCUT2D eigenvalue weighted by molar-refractivity contribution is -0.107. The second-order valence-electron chi connectivity index (χ2n) is 7.46. The molecule has 1 aliphatic carbocycles. The van der Waals surface area contributed by atoms with Gasteiger partial charge in [-0.1, -0.05) is 25.4 Å². The normalized spacial score (nSPS) is 26.3. The molecule has 146 valence electrons. The Kier molecular flexibility index (Phi) is 7.44. The van der Waals surface area contributed by atoms with Crippen molar-refractivity contribution in [1.29, 1.82) is 0 Å². The molecule has 3 atom stereocenters. The number of likely N-dealkylation sites (N-methyl/N-ethyl adjacent to an activating group) is 1. The van der Waals surface area contributed by atoms with E-state index >= 15 is 0 Å². The minimum Gasteiger partial charge on any atom is -0.492 e. The number of nitrogens with one attached hydrogen (secondary N) is 1. The first-order valence-corrected chi connectivity index (χ1v) is 9.25. The van der Waals surface area contributed by atoms with Crippen LogP contribution in [-0.2, 0) is 4.74 Å². The van der Waals surface area contributed by atoms with Crippen LogP contribution in [0.25, 0.3) is 0 Å². The number of benzene rings is 1. The molecule has 0 radical (unpaired) electrons. The van der Waals surface area contributed by atoms with Gasteiger partial charge >= 0.3 is 0 Å². The summed E-state index contributed by atoms with van der Waals surface area (Å²) in [5, 5.41) is 4.36. The highest BCUT2D eigenvalue weighted by Crippen LogP contribution is 2.52. The number of halogens is 2. The summed E-state index contributed by atoms with van der Waals surface area (Å²) in [4.78, 5) is 6.55. The molecule has 1 heterocycles. The van der Waals surface area contributed by atoms with Gasteiger partial charge in [-0.25, -0.2) is 0 Å². The van der Waals surface area contributed by atoms with Crippen molar-refractivity contribution in [3.8, 4) is 5.75 Å². The quantitative estimate of drug-likeness (QED) is 0.386. The van der Waals surface area contributed by atoms with Crippen molar-refractivity contribution in [2.75, 3.05) is 33.9 Å². The molecule has 1 aliphatic heterocycles. The van der Waals surface area contributed by atoms with Gasteiger partial charge in [-0.15, -0.1) is 24.0 Å². The number of nitrogens with zero attached hydrogens (tertiary/aromatic N) is 2. The molecule has 0 amide bonds. The van der Waals surface area contributed by atoms with Crippen molar-refractivity contribution >= 4 is 41.5 Å². The second-order valence-corrected chi connectivity index (χ2v) is 7.89. The SMILES string of the molecule is CN=C(NC1C2CCOC2C1(C)C)N(C)CCOc1ccc(Cl)cc1.I. The van der Waals surface area contributed by atoms with Crippen molar-refractivity contribution < 1.29 is 9.47 Å². The van der Waals surface area contributed by atoms with Gasteiger partial charge in [-0.3, -0.25) is 4.99 Å². The van der Waals surface area contributed by atoms with Crippen LogP contribution in [0, 0.1) is 11.3 Å². The summed E-state index contributed by atoms with van der Waals surface area (Å²) in [7, 11) is 3.86. The molecule has 1 saturated carbocycles. The Hall–Kier alpha value is -0.730. The monoisotopic (exact) mass is 493 g/mol. The summed E-state index contributed by atoms with van der Waals surface area (Å²) in [5.74, 6) is 2.32. The minimum atomic E-state index is 0. The topological polar surface area (TPSA) is 46.1 Å². The Labute approximate surface area is 178 Å². The van der Waals surface area contributed by atoms with E-state index in [0.717, 1.165) is 31.3 Å². The third kappa shape index (κ3) is 4.39. The molecule has 3 unspecified atom stereocenters. The fourth-order valence-corrected chi connectivity index (χ4v) is 4.16. The van der Waals surface area contributed by atoms with E-state index in [1.807, 2.05) is 38.4 Å². The van der Waals surface area contributed by atoms with E-state index in [1.54, 1.807) is 0 Å². The van der Waals surface area contributed by atoms with Crippen molar-refractivity contribution in [3.63, 3.8) is 0 Å². The molecule has 1 saturated heterocycles. The third-order valence-corrected chi connectivity index (χ3v) is 5.72. The molecule has 2 fully saturated rings. The molecule has 1 aromatic carbocycles. The van der Waals surface area contributed by atoms with E-state index in [1.165, 1.54) is 0 Å². The average molecular weight is 494 g/mol. The summed E-state index contributed by atoms with van der Waals surface area (Å²) in [6.45, 7) is 6.75. The van der Waals surface area contributed by atoms with Crippen LogP contribution in [0.1, 0.15) is 20.3 Å². The molecule has 0 spiro atoms. The lowest BCUT2D eigenvalue weighted by Crippen LogP contribution is -2.68. The van der Waals surface area contributed by atoms with E-state index in [-0.39, 0.29) is 29.4 Å². The average Bonchev–Trinajstić information content (AvgIpc) is 3.04. The molecule has 0 bridgehead atoms. The van der Waals surface area contributed by atoms with Crippen LogP contribution in [0.2, 0.25) is 5.02 Å². The molecule has 0 aromatic heterocycles. The van der Waals surface area contributed by atoms with Gasteiger partial charge in [0.2, 0.25) is 0 Å². The summed E-state index contributed by atoms with van der Waals surface area (Å²) in [6, 6.07) is 7.83. The zero-order valence-electron chi connectivity index (χ0n) is 15.9. The van der Waals surface area contributed by atoms with Crippen molar-refractivity contribution in [3.05, 3.63) is 29.3 Å². The molecular weight excluding hydrogens is 465 g/mol. The largest absolute Gasteiger partial charge is 0.492 e. The summed E-state index contributed by atoms with van der Waals surface area (Å²) < 4.78 is 11.7. The molecule has 7 heteroatoms. The van der Waals surface area contributed by atoms with Crippen molar-refractivity contribution in [2.45, 2.75) is 32.4 Å². The van der Waals surface area contributed by atoms with Crippen LogP contribution in [0.15, 0.2) is 29.3 Å². The van der Waals surface area contributed by atoms with Crippen LogP contribution < -0.4 is 10.1 Å². The van der Waals surface area contributed by atoms with E-state index in [9.17, 15) is 0 Å². The Morgan fingerprint density at radius 1 is 1.38 bits per heavy atom. The lowest BCUT2D eigenvalue weighted by Gasteiger charge is -2.55. The summed E-state index contributed by atoms with van der Waals surface area (Å²) in [6.07, 6.45) is 1.51. The van der Waals surface area contributed by atoms with E-state index < -0.39 is 0 Å². The molecule has 1 aromatic rings. The van der Waals surface area contributed by atoms with Gasteiger partial charge in [0.25, 0.3) is 0 Å². The highest BCUT2D eigenvalue weighted by atomic mass is 127. The Balaban J connectivity index is 0.00000243. The van der Waals surface area contributed by atoms with Crippen LogP contribution in [0.4, 0.5) is 0 Å². The van der Waals surface area contributed by atoms with Crippen LogP contribution in [-0.4, -0.2) is 56.9 Å². The van der Waals surface area contributed by atoms with Crippen molar-refractivity contribution in [2.24, 2.45) is 16.3 Å². The predicted octanol–water partition coefficient (Wildman–Crippen LogP) is 3.66. The van der Waals surface area contributed by atoms with Crippen LogP contribution >= 0.6 is 35.6 Å². The van der Waals surface area contributed by atoms with Gasteiger partial charge in [0.05, 0.1) is 12.6 Å². The smallest absolute Gasteiger partial charge is 0.193 e. The van der Waals surface area contributed by atoms with Crippen molar-refractivity contribution in [1.82, 2.24) is 10.2 Å². The highest BCUT2D eigenvalue weighted by Gasteiger charge is 2.59. The zero-order chi connectivity index (χ0) is 18.0. The van der Waals surface area contributed by atoms with Crippen LogP contribution in [0.5, 0.6) is 5.75 Å². The number of rotatable bonds is 5. The molecule has 1 N–H and O–H groups in total. The predicted molar refractivity (Wildman–Crippen MR) is 117 cm³/mol. The first-order chi connectivity index (χ1) is 11.9. The second kappa shape index (κ2) is 8.97. The highest BCUT2D eigenvalue weighted by molar-refractivity contribution is 14.0. The zero-order valence-corrected chi connectivity index (χ0v) is 19.0. The fraction of sp³-hybridized carbons (Fsp3) is 0.632. The standard InChI is InChI=1S/C19H28ClN3O2.HI/c1-19(2)16(15-9-11-25-17(15)19)22-18(21-3)23(4)10-12-24-14-7-5-13(20)6-8-14;/h5-8,15-17H,9-12H2,1-4H3,(H,21,22);1H. The van der Waals surface area contributed by atoms with Gasteiger partial charge in [0.15, 0.2) is 5.96 Å². The maximum absolute atomic E-state index is 5.89. The Morgan fingerprint density at radius 3 is 2.73 bits per heavy atom. The van der Waals surface area contributed by atoms with E-state index in [2.05, 4.69) is 29.1 Å². The maximum Gasteiger partial charge on any atom is 0.193 e. The number of aliphatic imine (C=N–C) groups is 1. The number of ether oxygens (including phenoxy) is 2. The first-order valence-electron chi connectivity index (χ1n) is 8.88. The minimum absolute atomic E-state index is 0. The summed E-state index contributed by atoms with van der Waals surface area (Å²) in [5.41, 5.74) is 0.137. The van der Waals surface area contributed by atoms with E-state index in [4.69, 9.17) is 21.1 Å². The molecule has 3 rings (SSSR count). The lowest BCUT2D eigenvalue weighted by atomic mass is 9.57. The number of hydrogen-bond acceptors (Lipinski definition) is 3. The van der Waals surface area contributed by atoms with E-state index in [0.29, 0.717) is 29.7 Å². The maximum atomic E-state index is 5.89. The number of hydrogen-bond donors (Lipinski definition) is 1. The van der Waals surface area contributed by atoms with Gasteiger partial charge in [-0.2, -0.15) is 0 Å². The molecule has 26 heavy (non-hydrogen) atoms. The van der Waals surface area contributed by atoms with Gasteiger partial charge in [-0.05, 0) is 30.7 Å². The third-order valence-electron chi connectivity index (χ3n) is 5.47. The number of fused-ring (bicyclic) bond motifs is 1. The fourth-order valence-electron chi connectivity index (χ4n) is 4.04.